The molecule has 1 aromatic rings. The molecule has 0 atom stereocenters. The van der Waals surface area contributed by atoms with E-state index >= 15 is 0 Å². The molecule has 1 aromatic heterocycles. The van der Waals surface area contributed by atoms with E-state index in [-0.39, 0.29) is 0 Å². The van der Waals surface area contributed by atoms with E-state index in [1.54, 1.807) is 5.38 Å². The van der Waals surface area contributed by atoms with Gasteiger partial charge in [0.15, 0.2) is 6.29 Å². The van der Waals surface area contributed by atoms with E-state index in [1.807, 2.05) is 6.92 Å². The van der Waals surface area contributed by atoms with E-state index < -0.39 is 0 Å². The van der Waals surface area contributed by atoms with Crippen molar-refractivity contribution in [3.05, 3.63) is 16.6 Å². The number of aldehydes is 1. The largest absolute Gasteiger partial charge is 0.298 e. The zero-order chi connectivity index (χ0) is 5.98. The maximum atomic E-state index is 10.1. The lowest BCUT2D eigenvalue weighted by Crippen LogP contribution is -1.77. The van der Waals surface area contributed by atoms with Gasteiger partial charge in [0.2, 0.25) is 0 Å². The fourth-order valence-electron chi connectivity index (χ4n) is 0.413. The Morgan fingerprint density at radius 2 is 2.62 bits per heavy atom. The van der Waals surface area contributed by atoms with Crippen LogP contribution in [-0.2, 0) is 0 Å². The summed E-state index contributed by atoms with van der Waals surface area (Å²) in [6.07, 6.45) is 0.818. The average molecular weight is 127 g/mol. The van der Waals surface area contributed by atoms with Crippen molar-refractivity contribution < 1.29 is 4.79 Å². The third kappa shape index (κ3) is 0.767. The van der Waals surface area contributed by atoms with E-state index in [1.165, 1.54) is 11.5 Å². The summed E-state index contributed by atoms with van der Waals surface area (Å²) >= 11 is 1.31. The van der Waals surface area contributed by atoms with Crippen LogP contribution in [0.15, 0.2) is 5.38 Å². The van der Waals surface area contributed by atoms with Gasteiger partial charge in [0.05, 0.1) is 5.69 Å². The summed E-state index contributed by atoms with van der Waals surface area (Å²) in [7, 11) is 0. The van der Waals surface area contributed by atoms with Crippen molar-refractivity contribution >= 4 is 17.8 Å². The lowest BCUT2D eigenvalue weighted by Gasteiger charge is -1.76. The summed E-state index contributed by atoms with van der Waals surface area (Å²) in [5.41, 5.74) is 1.53. The van der Waals surface area contributed by atoms with E-state index in [9.17, 15) is 4.79 Å². The summed E-state index contributed by atoms with van der Waals surface area (Å²) < 4.78 is 3.90. The number of rotatable bonds is 1. The topological polar surface area (TPSA) is 30.0 Å². The first-order valence-corrected chi connectivity index (χ1v) is 3.04. The fourth-order valence-corrected chi connectivity index (χ4v) is 1.07. The fraction of sp³-hybridized carbons (Fsp3) is 0.200. The number of hydrogen-bond donors (Lipinski definition) is 0. The SMILES string of the molecule is Cc1nscc1C=O. The second kappa shape index (κ2) is 2.05. The molecule has 0 unspecified atom stereocenters. The molecule has 3 heteroatoms. The molecule has 1 heterocycles. The lowest BCUT2D eigenvalue weighted by molar-refractivity contribution is 0.112. The Bertz CT molecular complexity index is 194. The molecular weight excluding hydrogens is 122 g/mol. The van der Waals surface area contributed by atoms with E-state index in [2.05, 4.69) is 4.37 Å². The predicted octanol–water partition coefficient (Wildman–Crippen LogP) is 1.26. The van der Waals surface area contributed by atoms with Gasteiger partial charge in [-0.15, -0.1) is 0 Å². The number of carbonyl (C=O) groups is 1. The van der Waals surface area contributed by atoms with Crippen LogP contribution >= 0.6 is 11.5 Å². The molecule has 0 aliphatic rings. The molecule has 0 aliphatic heterocycles. The van der Waals surface area contributed by atoms with Gasteiger partial charge in [0.25, 0.3) is 0 Å². The van der Waals surface area contributed by atoms with Crippen LogP contribution < -0.4 is 0 Å². The summed E-state index contributed by atoms with van der Waals surface area (Å²) in [6, 6.07) is 0. The van der Waals surface area contributed by atoms with Crippen LogP contribution in [0.5, 0.6) is 0 Å². The van der Waals surface area contributed by atoms with Crippen molar-refractivity contribution in [1.29, 1.82) is 0 Å². The van der Waals surface area contributed by atoms with Crippen LogP contribution in [0.25, 0.3) is 0 Å². The van der Waals surface area contributed by atoms with Crippen molar-refractivity contribution in [2.45, 2.75) is 6.92 Å². The number of hydrogen-bond acceptors (Lipinski definition) is 3. The van der Waals surface area contributed by atoms with Crippen molar-refractivity contribution in [2.24, 2.45) is 0 Å². The quantitative estimate of drug-likeness (QED) is 0.531. The summed E-state index contributed by atoms with van der Waals surface area (Å²) in [6.45, 7) is 1.82. The van der Waals surface area contributed by atoms with Gasteiger partial charge in [-0.1, -0.05) is 0 Å². The Balaban J connectivity index is 3.09. The van der Waals surface area contributed by atoms with Crippen LogP contribution in [-0.4, -0.2) is 10.7 Å². The standard InChI is InChI=1S/C5H5NOS/c1-4-5(2-7)3-8-6-4/h2-3H,1H3. The molecule has 0 radical (unpaired) electrons. The number of nitrogens with zero attached hydrogens (tertiary/aromatic N) is 1. The van der Waals surface area contributed by atoms with Gasteiger partial charge < -0.3 is 0 Å². The van der Waals surface area contributed by atoms with E-state index in [0.29, 0.717) is 5.56 Å². The molecule has 0 fully saturated rings. The van der Waals surface area contributed by atoms with Crippen LogP contribution in [0.4, 0.5) is 0 Å². The van der Waals surface area contributed by atoms with Crippen molar-refractivity contribution in [3.8, 4) is 0 Å². The minimum Gasteiger partial charge on any atom is -0.298 e. The highest BCUT2D eigenvalue weighted by molar-refractivity contribution is 7.03. The van der Waals surface area contributed by atoms with Crippen LogP contribution in [0.2, 0.25) is 0 Å². The summed E-state index contributed by atoms with van der Waals surface area (Å²) in [5, 5.41) is 1.74. The highest BCUT2D eigenvalue weighted by Gasteiger charge is 1.95. The summed E-state index contributed by atoms with van der Waals surface area (Å²) in [4.78, 5) is 10.1. The smallest absolute Gasteiger partial charge is 0.152 e. The van der Waals surface area contributed by atoms with Gasteiger partial charge >= 0.3 is 0 Å². The lowest BCUT2D eigenvalue weighted by atomic mass is 10.3. The summed E-state index contributed by atoms with van der Waals surface area (Å²) in [5.74, 6) is 0. The molecule has 0 aromatic carbocycles. The number of carbonyl (C=O) groups excluding carboxylic acids is 1. The number of aryl methyl sites for hydroxylation is 1. The van der Waals surface area contributed by atoms with Gasteiger partial charge in [0.1, 0.15) is 0 Å². The zero-order valence-electron chi connectivity index (χ0n) is 4.42. The van der Waals surface area contributed by atoms with Gasteiger partial charge in [-0.2, -0.15) is 4.37 Å². The first kappa shape index (κ1) is 5.44. The van der Waals surface area contributed by atoms with E-state index in [4.69, 9.17) is 0 Å². The van der Waals surface area contributed by atoms with Gasteiger partial charge in [-0.05, 0) is 18.5 Å². The maximum absolute atomic E-state index is 10.1. The van der Waals surface area contributed by atoms with Gasteiger partial charge in [-0.25, -0.2) is 0 Å². The molecule has 0 aliphatic carbocycles. The maximum Gasteiger partial charge on any atom is 0.152 e. The molecule has 0 saturated carbocycles. The molecular formula is C5H5NOS. The molecule has 0 bridgehead atoms. The minimum absolute atomic E-state index is 0.704. The Kier molecular flexibility index (Phi) is 1.39. The van der Waals surface area contributed by atoms with E-state index in [0.717, 1.165) is 12.0 Å². The highest BCUT2D eigenvalue weighted by atomic mass is 32.1. The second-order valence-corrected chi connectivity index (χ2v) is 2.10. The molecule has 8 heavy (non-hydrogen) atoms. The monoisotopic (exact) mass is 127 g/mol. The van der Waals surface area contributed by atoms with Crippen molar-refractivity contribution in [1.82, 2.24) is 4.37 Å². The van der Waals surface area contributed by atoms with Gasteiger partial charge in [0, 0.05) is 10.9 Å². The predicted molar refractivity (Wildman–Crippen MR) is 32.2 cm³/mol. The Hall–Kier alpha value is -0.700. The van der Waals surface area contributed by atoms with Crippen LogP contribution in [0.1, 0.15) is 16.1 Å². The second-order valence-electron chi connectivity index (χ2n) is 1.47. The first-order chi connectivity index (χ1) is 3.84. The van der Waals surface area contributed by atoms with Gasteiger partial charge in [-0.3, -0.25) is 4.79 Å². The molecule has 0 saturated heterocycles. The Labute approximate surface area is 51.3 Å². The van der Waals surface area contributed by atoms with Crippen LogP contribution in [0.3, 0.4) is 0 Å². The minimum atomic E-state index is 0.704. The molecule has 0 N–H and O–H groups in total. The molecule has 2 nitrogen and oxygen atoms in total. The normalized spacial score (nSPS) is 9.12. The average Bonchev–Trinajstić information content (AvgIpc) is 2.14. The number of aromatic nitrogens is 1. The molecule has 1 rings (SSSR count). The van der Waals surface area contributed by atoms with Crippen molar-refractivity contribution in [3.63, 3.8) is 0 Å². The third-order valence-electron chi connectivity index (χ3n) is 0.914. The molecule has 0 spiro atoms. The Morgan fingerprint density at radius 3 is 2.88 bits per heavy atom. The van der Waals surface area contributed by atoms with Crippen LogP contribution in [0, 0.1) is 6.92 Å². The first-order valence-electron chi connectivity index (χ1n) is 2.20. The molecule has 0 amide bonds. The zero-order valence-corrected chi connectivity index (χ0v) is 5.23. The highest BCUT2D eigenvalue weighted by Crippen LogP contribution is 2.04. The Morgan fingerprint density at radius 1 is 1.88 bits per heavy atom. The molecule has 42 valence electrons. The van der Waals surface area contributed by atoms with Crippen molar-refractivity contribution in [2.75, 3.05) is 0 Å². The third-order valence-corrected chi connectivity index (χ3v) is 1.65.